The minimum absolute atomic E-state index is 0.340. The highest BCUT2D eigenvalue weighted by atomic mass is 16.5. The van der Waals surface area contributed by atoms with Gasteiger partial charge < -0.3 is 14.8 Å². The first-order valence-electron chi connectivity index (χ1n) is 6.36. The number of methoxy groups -OCH3 is 1. The molecule has 0 radical (unpaired) electrons. The molecule has 1 N–H and O–H groups in total. The van der Waals surface area contributed by atoms with Gasteiger partial charge in [-0.05, 0) is 31.5 Å². The third-order valence-corrected chi connectivity index (χ3v) is 2.67. The Morgan fingerprint density at radius 2 is 2.11 bits per heavy atom. The number of carbonyl (C=O) groups excluding carboxylic acids is 1. The fraction of sp³-hybridized carbons (Fsp3) is 0.400. The number of para-hydroxylation sites is 1. The van der Waals surface area contributed by atoms with Crippen LogP contribution in [0.4, 0.5) is 0 Å². The van der Waals surface area contributed by atoms with E-state index in [1.165, 1.54) is 0 Å². The molecular formula is C15H21NO3. The smallest absolute Gasteiger partial charge is 0.334 e. The van der Waals surface area contributed by atoms with Crippen LogP contribution in [0.1, 0.15) is 12.5 Å². The van der Waals surface area contributed by atoms with Crippen molar-refractivity contribution in [2.75, 3.05) is 26.8 Å². The van der Waals surface area contributed by atoms with E-state index >= 15 is 0 Å². The summed E-state index contributed by atoms with van der Waals surface area (Å²) in [7, 11) is 1.66. The first-order chi connectivity index (χ1) is 9.19. The number of rotatable bonds is 8. The van der Waals surface area contributed by atoms with Crippen molar-refractivity contribution in [3.8, 4) is 5.75 Å². The van der Waals surface area contributed by atoms with E-state index in [0.717, 1.165) is 24.3 Å². The molecule has 0 atom stereocenters. The molecule has 0 bridgehead atoms. The van der Waals surface area contributed by atoms with Crippen LogP contribution in [-0.4, -0.2) is 32.8 Å². The maximum absolute atomic E-state index is 11.3. The number of nitrogens with one attached hydrogen (secondary N) is 1. The van der Waals surface area contributed by atoms with Crippen LogP contribution in [0.5, 0.6) is 5.75 Å². The summed E-state index contributed by atoms with van der Waals surface area (Å²) < 4.78 is 10.1. The Hall–Kier alpha value is -1.81. The Kier molecular flexibility index (Phi) is 6.68. The van der Waals surface area contributed by atoms with Gasteiger partial charge in [0.05, 0.1) is 13.7 Å². The molecular weight excluding hydrogens is 242 g/mol. The maximum Gasteiger partial charge on any atom is 0.334 e. The van der Waals surface area contributed by atoms with E-state index in [2.05, 4.69) is 11.9 Å². The highest BCUT2D eigenvalue weighted by Gasteiger charge is 2.07. The van der Waals surface area contributed by atoms with Gasteiger partial charge in [0.2, 0.25) is 0 Å². The standard InChI is InChI=1S/C15H21NO3/c1-4-19-15(17)12(2)11-16-10-9-13-7-5-6-8-14(13)18-3/h5-8,16H,2,4,9-11H2,1,3H3. The van der Waals surface area contributed by atoms with Crippen LogP contribution in [0.25, 0.3) is 0 Å². The Morgan fingerprint density at radius 3 is 2.79 bits per heavy atom. The van der Waals surface area contributed by atoms with E-state index in [-0.39, 0.29) is 5.97 Å². The quantitative estimate of drug-likeness (QED) is 0.442. The van der Waals surface area contributed by atoms with Crippen LogP contribution in [0.3, 0.4) is 0 Å². The first-order valence-corrected chi connectivity index (χ1v) is 6.36. The van der Waals surface area contributed by atoms with Gasteiger partial charge in [-0.3, -0.25) is 0 Å². The molecule has 4 heteroatoms. The molecule has 19 heavy (non-hydrogen) atoms. The van der Waals surface area contributed by atoms with Crippen molar-refractivity contribution in [3.05, 3.63) is 42.0 Å². The Balaban J connectivity index is 2.31. The molecule has 1 rings (SSSR count). The van der Waals surface area contributed by atoms with Gasteiger partial charge in [-0.25, -0.2) is 4.79 Å². The summed E-state index contributed by atoms with van der Waals surface area (Å²) >= 11 is 0. The SMILES string of the molecule is C=C(CNCCc1ccccc1OC)C(=O)OCC. The molecule has 0 aliphatic rings. The zero-order valence-electron chi connectivity index (χ0n) is 11.6. The highest BCUT2D eigenvalue weighted by molar-refractivity contribution is 5.88. The Labute approximate surface area is 114 Å². The molecule has 0 aliphatic heterocycles. The van der Waals surface area contributed by atoms with E-state index in [4.69, 9.17) is 9.47 Å². The second kappa shape index (κ2) is 8.32. The molecule has 1 aromatic rings. The largest absolute Gasteiger partial charge is 0.496 e. The number of ether oxygens (including phenoxy) is 2. The molecule has 0 unspecified atom stereocenters. The van der Waals surface area contributed by atoms with Gasteiger partial charge in [0.25, 0.3) is 0 Å². The van der Waals surface area contributed by atoms with Crippen LogP contribution in [0.15, 0.2) is 36.4 Å². The molecule has 104 valence electrons. The van der Waals surface area contributed by atoms with Gasteiger partial charge in [-0.2, -0.15) is 0 Å². The van der Waals surface area contributed by atoms with Gasteiger partial charge in [0, 0.05) is 12.1 Å². The minimum atomic E-state index is -0.340. The van der Waals surface area contributed by atoms with Crippen molar-refractivity contribution in [1.82, 2.24) is 5.32 Å². The Bertz CT molecular complexity index is 429. The average molecular weight is 263 g/mol. The van der Waals surface area contributed by atoms with Crippen molar-refractivity contribution in [2.45, 2.75) is 13.3 Å². The van der Waals surface area contributed by atoms with Gasteiger partial charge in [0.15, 0.2) is 0 Å². The molecule has 0 saturated heterocycles. The van der Waals surface area contributed by atoms with E-state index in [0.29, 0.717) is 18.7 Å². The summed E-state index contributed by atoms with van der Waals surface area (Å²) in [6, 6.07) is 7.89. The fourth-order valence-electron chi connectivity index (χ4n) is 1.68. The zero-order valence-corrected chi connectivity index (χ0v) is 11.6. The predicted octanol–water partition coefficient (Wildman–Crippen LogP) is 1.95. The van der Waals surface area contributed by atoms with Crippen LogP contribution in [0, 0.1) is 0 Å². The highest BCUT2D eigenvalue weighted by Crippen LogP contribution is 2.17. The van der Waals surface area contributed by atoms with Crippen molar-refractivity contribution in [3.63, 3.8) is 0 Å². The second-order valence-corrected chi connectivity index (χ2v) is 4.06. The molecule has 0 spiro atoms. The summed E-state index contributed by atoms with van der Waals surface area (Å²) in [5.74, 6) is 0.542. The second-order valence-electron chi connectivity index (χ2n) is 4.06. The van der Waals surface area contributed by atoms with E-state index in [1.807, 2.05) is 24.3 Å². The molecule has 1 aromatic carbocycles. The topological polar surface area (TPSA) is 47.6 Å². The lowest BCUT2D eigenvalue weighted by Gasteiger charge is -2.09. The average Bonchev–Trinajstić information content (AvgIpc) is 2.44. The summed E-state index contributed by atoms with van der Waals surface area (Å²) in [4.78, 5) is 11.3. The van der Waals surface area contributed by atoms with Crippen molar-refractivity contribution in [1.29, 1.82) is 0 Å². The molecule has 0 heterocycles. The van der Waals surface area contributed by atoms with Crippen molar-refractivity contribution < 1.29 is 14.3 Å². The van der Waals surface area contributed by atoms with Gasteiger partial charge >= 0.3 is 5.97 Å². The van der Waals surface area contributed by atoms with Crippen molar-refractivity contribution in [2.24, 2.45) is 0 Å². The zero-order chi connectivity index (χ0) is 14.1. The molecule has 0 aromatic heterocycles. The number of carbonyl (C=O) groups is 1. The number of esters is 1. The Morgan fingerprint density at radius 1 is 1.37 bits per heavy atom. The molecule has 0 saturated carbocycles. The predicted molar refractivity (Wildman–Crippen MR) is 75.3 cm³/mol. The monoisotopic (exact) mass is 263 g/mol. The lowest BCUT2D eigenvalue weighted by molar-refractivity contribution is -0.138. The molecule has 4 nitrogen and oxygen atoms in total. The summed E-state index contributed by atoms with van der Waals surface area (Å²) in [5.41, 5.74) is 1.58. The maximum atomic E-state index is 11.3. The van der Waals surface area contributed by atoms with Gasteiger partial charge in [-0.15, -0.1) is 0 Å². The number of hydrogen-bond acceptors (Lipinski definition) is 4. The van der Waals surface area contributed by atoms with E-state index < -0.39 is 0 Å². The molecule has 0 amide bonds. The van der Waals surface area contributed by atoms with Gasteiger partial charge in [-0.1, -0.05) is 24.8 Å². The molecule has 0 aliphatic carbocycles. The lowest BCUT2D eigenvalue weighted by Crippen LogP contribution is -2.24. The number of benzene rings is 1. The summed E-state index contributed by atoms with van der Waals surface area (Å²) in [5, 5.41) is 3.17. The fourth-order valence-corrected chi connectivity index (χ4v) is 1.68. The first kappa shape index (κ1) is 15.2. The van der Waals surface area contributed by atoms with Crippen LogP contribution >= 0.6 is 0 Å². The van der Waals surface area contributed by atoms with Crippen LogP contribution < -0.4 is 10.1 Å². The van der Waals surface area contributed by atoms with Crippen molar-refractivity contribution >= 4 is 5.97 Å². The third kappa shape index (κ3) is 5.14. The normalized spacial score (nSPS) is 10.0. The number of hydrogen-bond donors (Lipinski definition) is 1. The summed E-state index contributed by atoms with van der Waals surface area (Å²) in [6.07, 6.45) is 0.833. The van der Waals surface area contributed by atoms with E-state index in [1.54, 1.807) is 14.0 Å². The minimum Gasteiger partial charge on any atom is -0.496 e. The third-order valence-electron chi connectivity index (χ3n) is 2.67. The van der Waals surface area contributed by atoms with E-state index in [9.17, 15) is 4.79 Å². The van der Waals surface area contributed by atoms with Crippen LogP contribution in [-0.2, 0) is 16.0 Å². The lowest BCUT2D eigenvalue weighted by atomic mass is 10.1. The van der Waals surface area contributed by atoms with Gasteiger partial charge in [0.1, 0.15) is 5.75 Å². The van der Waals surface area contributed by atoms with Crippen LogP contribution in [0.2, 0.25) is 0 Å². The molecule has 0 fully saturated rings. The summed E-state index contributed by atoms with van der Waals surface area (Å²) in [6.45, 7) is 7.03.